The van der Waals surface area contributed by atoms with Crippen molar-refractivity contribution in [2.45, 2.75) is 220 Å². The number of carbonyl (C=O) groups is 1. The first kappa shape index (κ1) is 76.6. The molecular weight excluding hydrogens is 951 g/mol. The highest BCUT2D eigenvalue weighted by Crippen LogP contribution is 2.23. The summed E-state index contributed by atoms with van der Waals surface area (Å²) >= 11 is 0. The first-order valence-corrected chi connectivity index (χ1v) is 28.9. The molecule has 12 heteroatoms. The number of carbonyl (C=O) groups excluding carboxylic acids is 1. The van der Waals surface area contributed by atoms with Crippen molar-refractivity contribution in [1.82, 2.24) is 35.5 Å². The maximum atomic E-state index is 10.7. The Kier molecular flexibility index (Phi) is 46.0. The fourth-order valence-electron chi connectivity index (χ4n) is 6.36. The Balaban J connectivity index is -0.000000807. The summed E-state index contributed by atoms with van der Waals surface area (Å²) in [6, 6.07) is 15.1. The van der Waals surface area contributed by atoms with Gasteiger partial charge in [0.05, 0.1) is 12.1 Å². The molecule has 77 heavy (non-hydrogen) atoms. The SMILES string of the molecule is C1CCNC1.C1CCNCC1.CC(C)(C)C.CC(C)(C)C.CC(C)C.CC(C)c1ccc(C(N)=O)cn1.CC(C)c1ccc(CN)cn1.CC(C)c1ncccc1CN.CN1CCCCC1.[C-]#[N+]c1cccnc1C(C)C. The van der Waals surface area contributed by atoms with Crippen LogP contribution in [-0.2, 0) is 13.1 Å². The zero-order valence-electron chi connectivity index (χ0n) is 53.0. The van der Waals surface area contributed by atoms with Crippen LogP contribution in [0.1, 0.15) is 251 Å². The molecule has 0 aromatic carbocycles. The van der Waals surface area contributed by atoms with Crippen molar-refractivity contribution in [2.75, 3.05) is 46.3 Å². The molecule has 1 amide bonds. The summed E-state index contributed by atoms with van der Waals surface area (Å²) in [6.07, 6.45) is 18.2. The number of aromatic nitrogens is 4. The second-order valence-electron chi connectivity index (χ2n) is 24.9. The number of rotatable bonds is 7. The Morgan fingerprint density at radius 2 is 0.974 bits per heavy atom. The quantitative estimate of drug-likeness (QED) is 0.112. The van der Waals surface area contributed by atoms with E-state index in [1.807, 2.05) is 70.4 Å². The predicted octanol–water partition coefficient (Wildman–Crippen LogP) is 15.4. The Morgan fingerprint density at radius 1 is 0.571 bits per heavy atom. The van der Waals surface area contributed by atoms with Crippen LogP contribution in [-0.4, -0.2) is 77.1 Å². The first-order chi connectivity index (χ1) is 36.0. The Bertz CT molecular complexity index is 1970. The minimum Gasteiger partial charge on any atom is -0.366 e. The number of amides is 1. The van der Waals surface area contributed by atoms with Gasteiger partial charge in [0.2, 0.25) is 11.6 Å². The molecule has 8 N–H and O–H groups in total. The number of likely N-dealkylation sites (tertiary alicyclic amines) is 1. The van der Waals surface area contributed by atoms with E-state index in [1.165, 1.54) is 96.8 Å². The summed E-state index contributed by atoms with van der Waals surface area (Å²) in [6.45, 7) is 56.3. The fourth-order valence-corrected chi connectivity index (χ4v) is 6.36. The van der Waals surface area contributed by atoms with Crippen LogP contribution in [0.2, 0.25) is 0 Å². The minimum absolute atomic E-state index is 0.334. The van der Waals surface area contributed by atoms with Gasteiger partial charge in [-0.25, -0.2) is 4.85 Å². The molecule has 3 aliphatic heterocycles. The lowest BCUT2D eigenvalue weighted by Gasteiger charge is -2.20. The van der Waals surface area contributed by atoms with Crippen molar-refractivity contribution in [2.24, 2.45) is 33.9 Å². The van der Waals surface area contributed by atoms with Crippen molar-refractivity contribution in [3.8, 4) is 0 Å². The van der Waals surface area contributed by atoms with E-state index in [-0.39, 0.29) is 0 Å². The number of pyridine rings is 4. The van der Waals surface area contributed by atoms with Gasteiger partial charge < -0.3 is 32.7 Å². The molecule has 438 valence electrons. The summed E-state index contributed by atoms with van der Waals surface area (Å²) in [4.78, 5) is 33.2. The molecule has 4 aromatic rings. The molecule has 3 saturated heterocycles. The van der Waals surface area contributed by atoms with E-state index in [0.717, 1.165) is 39.8 Å². The van der Waals surface area contributed by atoms with Gasteiger partial charge in [-0.15, -0.1) is 0 Å². The number of primary amides is 1. The molecule has 7 rings (SSSR count). The molecule has 0 saturated carbocycles. The largest absolute Gasteiger partial charge is 0.366 e. The average Bonchev–Trinajstić information content (AvgIpc) is 3.98. The standard InChI is InChI=1S/C9H12N2O.C9H10N2.2C9H14N2.C6H13N.C5H11N.2C5H12.C4H9N.C4H10/c1-6(2)8-4-3-7(5-11-8)9(10)12;1-7(2)9-8(10-3)5-4-6-11-9;1-7(2)9-4-3-8(5-10)6-11-9;1-7(2)9-8(6-10)4-3-5-11-9;1-7-5-3-2-4-6-7;1-2-4-6-5-3-1;2*1-5(2,3)4;1-2-4-5-3-1;1-4(2)3/h3-6H,1-2H3,(H2,10,12);4-7H,1-2H3;3-4,6-7H,5,10H2,1-2H3;3-5,7H,6,10H2,1-2H3;2-6H2,1H3;6H,1-5H2;2*1-4H3;5H,1-4H2;4H,1-3H3. The molecule has 0 atom stereocenters. The third-order valence-electron chi connectivity index (χ3n) is 10.3. The van der Waals surface area contributed by atoms with Crippen LogP contribution in [0.3, 0.4) is 0 Å². The Hall–Kier alpha value is -4.64. The van der Waals surface area contributed by atoms with E-state index in [2.05, 4.69) is 151 Å². The molecular formula is C65H117N11O. The van der Waals surface area contributed by atoms with E-state index in [9.17, 15) is 4.79 Å². The summed E-state index contributed by atoms with van der Waals surface area (Å²) in [5.74, 6) is 2.08. The highest BCUT2D eigenvalue weighted by Gasteiger charge is 2.07. The molecule has 0 unspecified atom stereocenters. The smallest absolute Gasteiger partial charge is 0.250 e. The van der Waals surface area contributed by atoms with Gasteiger partial charge in [-0.3, -0.25) is 24.7 Å². The molecule has 0 spiro atoms. The number of hydrogen-bond acceptors (Lipinski definition) is 10. The van der Waals surface area contributed by atoms with Crippen LogP contribution in [0.25, 0.3) is 4.85 Å². The Morgan fingerprint density at radius 3 is 1.23 bits per heavy atom. The lowest BCUT2D eigenvalue weighted by Crippen LogP contribution is -2.24. The fraction of sp³-hybridized carbons (Fsp3) is 0.662. The van der Waals surface area contributed by atoms with Crippen LogP contribution in [0.5, 0.6) is 0 Å². The summed E-state index contributed by atoms with van der Waals surface area (Å²) in [5.41, 5.74) is 24.5. The molecule has 12 nitrogen and oxygen atoms in total. The number of nitrogens with two attached hydrogens (primary N) is 3. The van der Waals surface area contributed by atoms with Crippen LogP contribution in [0, 0.1) is 23.3 Å². The number of piperidine rings is 2. The van der Waals surface area contributed by atoms with Gasteiger partial charge in [0.15, 0.2) is 0 Å². The monoisotopic (exact) mass is 1070 g/mol. The van der Waals surface area contributed by atoms with Crippen molar-refractivity contribution < 1.29 is 4.79 Å². The molecule has 3 aliphatic rings. The van der Waals surface area contributed by atoms with Gasteiger partial charge >= 0.3 is 0 Å². The van der Waals surface area contributed by atoms with E-state index in [1.54, 1.807) is 24.4 Å². The highest BCUT2D eigenvalue weighted by molar-refractivity contribution is 5.92. The number of hydrogen-bond donors (Lipinski definition) is 5. The zero-order valence-corrected chi connectivity index (χ0v) is 53.0. The normalized spacial score (nSPS) is 13.7. The van der Waals surface area contributed by atoms with Crippen LogP contribution >= 0.6 is 0 Å². The van der Waals surface area contributed by atoms with Crippen molar-refractivity contribution in [1.29, 1.82) is 0 Å². The molecule has 0 aliphatic carbocycles. The topological polar surface area (TPSA) is 178 Å². The number of nitrogens with zero attached hydrogens (tertiary/aromatic N) is 6. The predicted molar refractivity (Wildman–Crippen MR) is 335 cm³/mol. The van der Waals surface area contributed by atoms with Gasteiger partial charge in [0.1, 0.15) is 0 Å². The molecule has 0 radical (unpaired) electrons. The second-order valence-corrected chi connectivity index (χ2v) is 24.9. The maximum absolute atomic E-state index is 10.7. The maximum Gasteiger partial charge on any atom is 0.250 e. The summed E-state index contributed by atoms with van der Waals surface area (Å²) in [7, 11) is 2.19. The third kappa shape index (κ3) is 50.6. The number of nitrogens with one attached hydrogen (secondary N) is 2. The third-order valence-corrected chi connectivity index (χ3v) is 10.3. The Labute approximate surface area is 474 Å². The zero-order chi connectivity index (χ0) is 59.4. The van der Waals surface area contributed by atoms with Gasteiger partial charge in [-0.2, -0.15) is 0 Å². The second kappa shape index (κ2) is 46.3. The van der Waals surface area contributed by atoms with Gasteiger partial charge in [-0.05, 0) is 161 Å². The average molecular weight is 1070 g/mol. The molecule has 4 aromatic heterocycles. The molecule has 3 fully saturated rings. The lowest BCUT2D eigenvalue weighted by atomic mass is 10.0. The minimum atomic E-state index is -0.433. The van der Waals surface area contributed by atoms with Crippen molar-refractivity contribution in [3.63, 3.8) is 0 Å². The molecule has 7 heterocycles. The van der Waals surface area contributed by atoms with E-state index in [0.29, 0.717) is 58.8 Å². The van der Waals surface area contributed by atoms with Crippen molar-refractivity contribution >= 4 is 11.6 Å². The van der Waals surface area contributed by atoms with Crippen LogP contribution < -0.4 is 27.8 Å². The summed E-state index contributed by atoms with van der Waals surface area (Å²) in [5, 5.41) is 6.51. The van der Waals surface area contributed by atoms with Crippen LogP contribution in [0.4, 0.5) is 5.69 Å². The van der Waals surface area contributed by atoms with Crippen LogP contribution in [0.15, 0.2) is 73.3 Å². The van der Waals surface area contributed by atoms with Gasteiger partial charge in [0, 0.05) is 60.7 Å². The first-order valence-electron chi connectivity index (χ1n) is 28.9. The van der Waals surface area contributed by atoms with Gasteiger partial charge in [0.25, 0.3) is 0 Å². The lowest BCUT2D eigenvalue weighted by molar-refractivity contribution is 0.1000. The van der Waals surface area contributed by atoms with E-state index >= 15 is 0 Å². The van der Waals surface area contributed by atoms with Crippen molar-refractivity contribution in [3.05, 3.63) is 124 Å². The van der Waals surface area contributed by atoms with E-state index in [4.69, 9.17) is 23.8 Å². The summed E-state index contributed by atoms with van der Waals surface area (Å²) < 4.78 is 0. The molecule has 0 bridgehead atoms. The van der Waals surface area contributed by atoms with Gasteiger partial charge in [-0.1, -0.05) is 169 Å². The van der Waals surface area contributed by atoms with E-state index < -0.39 is 5.91 Å². The highest BCUT2D eigenvalue weighted by atomic mass is 16.1.